The first-order chi connectivity index (χ1) is 15.2. The fraction of sp³-hybridized carbons (Fsp3) is 0.458. The molecule has 2 aliphatic heterocycles. The second-order valence-electron chi connectivity index (χ2n) is 7.99. The first kappa shape index (κ1) is 21.5. The largest absolute Gasteiger partial charge is 0.454 e. The van der Waals surface area contributed by atoms with Crippen LogP contribution in [0.5, 0.6) is 11.5 Å². The molecule has 0 radical (unpaired) electrons. The molecule has 4 rings (SSSR count). The van der Waals surface area contributed by atoms with E-state index in [4.69, 9.17) is 9.47 Å². The summed E-state index contributed by atoms with van der Waals surface area (Å²) < 4.78 is 10.8. The predicted octanol–water partition coefficient (Wildman–Crippen LogP) is 2.42. The summed E-state index contributed by atoms with van der Waals surface area (Å²) in [6, 6.07) is 14.9. The molecule has 0 saturated carbocycles. The zero-order chi connectivity index (χ0) is 21.5. The van der Waals surface area contributed by atoms with Crippen LogP contribution in [0, 0.1) is 0 Å². The molecule has 0 bridgehead atoms. The highest BCUT2D eigenvalue weighted by Gasteiger charge is 2.15. The molecule has 2 aliphatic rings. The van der Waals surface area contributed by atoms with E-state index in [1.807, 2.05) is 18.2 Å². The van der Waals surface area contributed by atoms with Gasteiger partial charge in [-0.15, -0.1) is 0 Å². The molecule has 0 aromatic heterocycles. The fourth-order valence-electron chi connectivity index (χ4n) is 3.93. The standard InChI is InChI=1S/C24H33N5O2/c1-3-28-10-12-29(13-11-28)17-20-6-4-19(5-7-20)15-26-24(25-2)27-16-21-8-9-22-23(14-21)31-18-30-22/h4-9,14H,3,10-13,15-18H2,1-2H3,(H2,25,26,27). The Labute approximate surface area is 185 Å². The van der Waals surface area contributed by atoms with Gasteiger partial charge in [0.05, 0.1) is 0 Å². The number of benzene rings is 2. The second kappa shape index (κ2) is 10.5. The van der Waals surface area contributed by atoms with E-state index in [1.54, 1.807) is 7.05 Å². The lowest BCUT2D eigenvalue weighted by molar-refractivity contribution is 0.132. The van der Waals surface area contributed by atoms with Gasteiger partial charge >= 0.3 is 0 Å². The molecule has 7 nitrogen and oxygen atoms in total. The van der Waals surface area contributed by atoms with Gasteiger partial charge < -0.3 is 25.0 Å². The first-order valence-corrected chi connectivity index (χ1v) is 11.1. The van der Waals surface area contributed by atoms with Crippen molar-refractivity contribution in [1.82, 2.24) is 20.4 Å². The monoisotopic (exact) mass is 423 g/mol. The van der Waals surface area contributed by atoms with Crippen molar-refractivity contribution < 1.29 is 9.47 Å². The number of hydrogen-bond acceptors (Lipinski definition) is 5. The van der Waals surface area contributed by atoms with Crippen LogP contribution in [0.15, 0.2) is 47.5 Å². The molecule has 2 aromatic carbocycles. The van der Waals surface area contributed by atoms with Gasteiger partial charge in [0.15, 0.2) is 17.5 Å². The Morgan fingerprint density at radius 1 is 0.839 bits per heavy atom. The Bertz CT molecular complexity index is 876. The van der Waals surface area contributed by atoms with E-state index in [2.05, 4.69) is 56.6 Å². The van der Waals surface area contributed by atoms with E-state index in [-0.39, 0.29) is 0 Å². The fourth-order valence-corrected chi connectivity index (χ4v) is 3.93. The molecular weight excluding hydrogens is 390 g/mol. The van der Waals surface area contributed by atoms with Crippen molar-refractivity contribution in [2.24, 2.45) is 4.99 Å². The smallest absolute Gasteiger partial charge is 0.231 e. The Morgan fingerprint density at radius 3 is 2.16 bits per heavy atom. The average Bonchev–Trinajstić information content (AvgIpc) is 3.29. The molecule has 166 valence electrons. The number of aliphatic imine (C=N–C) groups is 1. The normalized spacial score (nSPS) is 17.0. The van der Waals surface area contributed by atoms with Crippen LogP contribution in [0.4, 0.5) is 0 Å². The van der Waals surface area contributed by atoms with E-state index in [0.717, 1.165) is 55.7 Å². The Hall–Kier alpha value is -2.77. The molecule has 2 N–H and O–H groups in total. The van der Waals surface area contributed by atoms with E-state index < -0.39 is 0 Å². The topological polar surface area (TPSA) is 61.4 Å². The number of likely N-dealkylation sites (N-methyl/N-ethyl adjacent to an activating group) is 1. The highest BCUT2D eigenvalue weighted by atomic mass is 16.7. The van der Waals surface area contributed by atoms with Crippen LogP contribution >= 0.6 is 0 Å². The summed E-state index contributed by atoms with van der Waals surface area (Å²) in [6.45, 7) is 10.8. The van der Waals surface area contributed by atoms with Crippen LogP contribution in [0.1, 0.15) is 23.6 Å². The van der Waals surface area contributed by atoms with Crippen LogP contribution in [-0.2, 0) is 19.6 Å². The lowest BCUT2D eigenvalue weighted by Gasteiger charge is -2.34. The molecule has 2 aromatic rings. The van der Waals surface area contributed by atoms with Gasteiger partial charge in [0.25, 0.3) is 0 Å². The molecule has 0 aliphatic carbocycles. The van der Waals surface area contributed by atoms with Crippen LogP contribution in [-0.4, -0.2) is 62.3 Å². The summed E-state index contributed by atoms with van der Waals surface area (Å²) in [7, 11) is 1.79. The van der Waals surface area contributed by atoms with Gasteiger partial charge in [-0.3, -0.25) is 9.89 Å². The number of nitrogens with one attached hydrogen (secondary N) is 2. The number of guanidine groups is 1. The van der Waals surface area contributed by atoms with Crippen molar-refractivity contribution in [3.63, 3.8) is 0 Å². The van der Waals surface area contributed by atoms with Crippen molar-refractivity contribution in [2.75, 3.05) is 46.6 Å². The summed E-state index contributed by atoms with van der Waals surface area (Å²) in [6.07, 6.45) is 0. The molecule has 7 heteroatoms. The summed E-state index contributed by atoms with van der Waals surface area (Å²) in [5, 5.41) is 6.74. The lowest BCUT2D eigenvalue weighted by atomic mass is 10.1. The number of hydrogen-bond donors (Lipinski definition) is 2. The Kier molecular flexibility index (Phi) is 7.27. The molecule has 0 atom stereocenters. The molecule has 2 heterocycles. The van der Waals surface area contributed by atoms with Gasteiger partial charge in [-0.25, -0.2) is 0 Å². The average molecular weight is 424 g/mol. The molecular formula is C24H33N5O2. The predicted molar refractivity (Wildman–Crippen MR) is 123 cm³/mol. The SMILES string of the molecule is CCN1CCN(Cc2ccc(CNC(=NC)NCc3ccc4c(c3)OCO4)cc2)CC1. The van der Waals surface area contributed by atoms with Gasteiger partial charge in [-0.1, -0.05) is 37.3 Å². The van der Waals surface area contributed by atoms with Crippen LogP contribution in [0.3, 0.4) is 0 Å². The van der Waals surface area contributed by atoms with Crippen LogP contribution in [0.2, 0.25) is 0 Å². The maximum atomic E-state index is 5.44. The van der Waals surface area contributed by atoms with Gasteiger partial charge in [-0.05, 0) is 35.4 Å². The van der Waals surface area contributed by atoms with E-state index in [9.17, 15) is 0 Å². The summed E-state index contributed by atoms with van der Waals surface area (Å²) >= 11 is 0. The van der Waals surface area contributed by atoms with Gasteiger partial charge in [-0.2, -0.15) is 0 Å². The van der Waals surface area contributed by atoms with Gasteiger partial charge in [0, 0.05) is 52.9 Å². The molecule has 31 heavy (non-hydrogen) atoms. The van der Waals surface area contributed by atoms with Crippen LogP contribution in [0.25, 0.3) is 0 Å². The summed E-state index contributed by atoms with van der Waals surface area (Å²) in [4.78, 5) is 9.38. The van der Waals surface area contributed by atoms with Crippen molar-refractivity contribution in [3.05, 3.63) is 59.2 Å². The third-order valence-electron chi connectivity index (χ3n) is 5.92. The van der Waals surface area contributed by atoms with Crippen molar-refractivity contribution in [3.8, 4) is 11.5 Å². The minimum absolute atomic E-state index is 0.295. The number of fused-ring (bicyclic) bond motifs is 1. The van der Waals surface area contributed by atoms with Crippen molar-refractivity contribution in [2.45, 2.75) is 26.6 Å². The molecule has 0 unspecified atom stereocenters. The minimum atomic E-state index is 0.295. The van der Waals surface area contributed by atoms with Gasteiger partial charge in [0.1, 0.15) is 0 Å². The lowest BCUT2D eigenvalue weighted by Crippen LogP contribution is -2.45. The molecule has 0 spiro atoms. The molecule has 1 fully saturated rings. The van der Waals surface area contributed by atoms with E-state index in [1.165, 1.54) is 24.2 Å². The quantitative estimate of drug-likeness (QED) is 0.527. The number of ether oxygens (including phenoxy) is 2. The third kappa shape index (κ3) is 5.89. The zero-order valence-electron chi connectivity index (χ0n) is 18.6. The number of nitrogens with zero attached hydrogens (tertiary/aromatic N) is 3. The zero-order valence-corrected chi connectivity index (χ0v) is 18.6. The maximum Gasteiger partial charge on any atom is 0.231 e. The summed E-state index contributed by atoms with van der Waals surface area (Å²) in [5.41, 5.74) is 3.74. The first-order valence-electron chi connectivity index (χ1n) is 11.1. The second-order valence-corrected chi connectivity index (χ2v) is 7.99. The minimum Gasteiger partial charge on any atom is -0.454 e. The highest BCUT2D eigenvalue weighted by molar-refractivity contribution is 5.79. The van der Waals surface area contributed by atoms with E-state index >= 15 is 0 Å². The molecule has 1 saturated heterocycles. The highest BCUT2D eigenvalue weighted by Crippen LogP contribution is 2.32. The van der Waals surface area contributed by atoms with Crippen LogP contribution < -0.4 is 20.1 Å². The maximum absolute atomic E-state index is 5.44. The van der Waals surface area contributed by atoms with Crippen molar-refractivity contribution in [1.29, 1.82) is 0 Å². The Balaban J connectivity index is 1.21. The number of piperazine rings is 1. The third-order valence-corrected chi connectivity index (χ3v) is 5.92. The Morgan fingerprint density at radius 2 is 1.45 bits per heavy atom. The number of rotatable bonds is 7. The summed E-state index contributed by atoms with van der Waals surface area (Å²) in [5.74, 6) is 2.38. The van der Waals surface area contributed by atoms with E-state index in [0.29, 0.717) is 13.3 Å². The molecule has 0 amide bonds. The van der Waals surface area contributed by atoms with Crippen molar-refractivity contribution >= 4 is 5.96 Å². The van der Waals surface area contributed by atoms with Gasteiger partial charge in [0.2, 0.25) is 6.79 Å².